The van der Waals surface area contributed by atoms with E-state index in [0.29, 0.717) is 19.4 Å². The van der Waals surface area contributed by atoms with Crippen molar-refractivity contribution in [2.45, 2.75) is 49.3 Å². The number of aliphatic hydroxyl groups excluding tert-OH is 4. The molecule has 0 bridgehead atoms. The van der Waals surface area contributed by atoms with Gasteiger partial charge in [0.25, 0.3) is 0 Å². The van der Waals surface area contributed by atoms with E-state index in [1.165, 1.54) is 0 Å². The van der Waals surface area contributed by atoms with Crippen LogP contribution in [-0.4, -0.2) is 86.8 Å². The van der Waals surface area contributed by atoms with Crippen LogP contribution in [0.5, 0.6) is 0 Å². The smallest absolute Gasteiger partial charge is 0.320 e. The summed E-state index contributed by atoms with van der Waals surface area (Å²) in [7, 11) is 0. The molecule has 132 valence electrons. The summed E-state index contributed by atoms with van der Waals surface area (Å²) >= 11 is 0. The molecule has 0 aromatic carbocycles. The highest BCUT2D eigenvalue weighted by molar-refractivity contribution is 5.73. The number of ether oxygens (including phenoxy) is 1. The van der Waals surface area contributed by atoms with Gasteiger partial charge in [0, 0.05) is 0 Å². The van der Waals surface area contributed by atoms with Gasteiger partial charge in [0.05, 0.1) is 13.2 Å². The van der Waals surface area contributed by atoms with Crippen molar-refractivity contribution >= 4 is 5.97 Å². The number of carboxylic acids is 1. The molecule has 0 spiro atoms. The van der Waals surface area contributed by atoms with Crippen LogP contribution in [-0.2, 0) is 9.53 Å². The summed E-state index contributed by atoms with van der Waals surface area (Å²) in [4.78, 5) is 11.3. The molecule has 0 radical (unpaired) electrons. The van der Waals surface area contributed by atoms with Gasteiger partial charge in [-0.05, 0) is 19.4 Å². The van der Waals surface area contributed by atoms with Crippen LogP contribution in [0.4, 0.5) is 0 Å². The predicted molar refractivity (Wildman–Crippen MR) is 74.9 cm³/mol. The Morgan fingerprint density at radius 3 is 2.36 bits per heavy atom. The third-order valence-electron chi connectivity index (χ3n) is 3.62. The van der Waals surface area contributed by atoms with Crippen molar-refractivity contribution in [3.05, 3.63) is 0 Å². The number of unbranched alkanes of at least 4 members (excludes halogenated alkanes) is 1. The number of hydrogen-bond acceptors (Lipinski definition) is 8. The number of hydrogen-bond donors (Lipinski definition) is 7. The fourth-order valence-electron chi connectivity index (χ4n) is 2.37. The molecular weight excluding hydrogens is 300 g/mol. The molecular formula is C12H26N2O8. The van der Waals surface area contributed by atoms with Gasteiger partial charge in [-0.1, -0.05) is 6.42 Å². The molecule has 1 aliphatic rings. The summed E-state index contributed by atoms with van der Waals surface area (Å²) in [5.41, 5.74) is 3.53. The first-order valence-corrected chi connectivity index (χ1v) is 6.88. The minimum absolute atomic E-state index is 0. The van der Waals surface area contributed by atoms with Gasteiger partial charge in [-0.2, -0.15) is 0 Å². The minimum atomic E-state index is -1.82. The molecule has 10 N–H and O–H groups in total. The lowest BCUT2D eigenvalue weighted by atomic mass is 10.0. The number of aliphatic hydroxyl groups is 4. The van der Waals surface area contributed by atoms with E-state index in [0.717, 1.165) is 0 Å². The number of carbonyl (C=O) groups is 1. The number of rotatable bonds is 9. The average molecular weight is 326 g/mol. The maximum absolute atomic E-state index is 11.3. The second kappa shape index (κ2) is 9.33. The molecule has 1 fully saturated rings. The average Bonchev–Trinajstić information content (AvgIpc) is 2.71. The molecule has 1 unspecified atom stereocenters. The normalized spacial score (nSPS) is 32.5. The summed E-state index contributed by atoms with van der Waals surface area (Å²) in [6, 6.07) is -1.08. The van der Waals surface area contributed by atoms with Crippen molar-refractivity contribution in [3.8, 4) is 0 Å². The Balaban J connectivity index is 0.00000441. The van der Waals surface area contributed by atoms with E-state index < -0.39 is 49.3 Å². The minimum Gasteiger partial charge on any atom is -0.480 e. The second-order valence-electron chi connectivity index (χ2n) is 5.14. The van der Waals surface area contributed by atoms with Gasteiger partial charge in [-0.25, -0.2) is 0 Å². The van der Waals surface area contributed by atoms with E-state index >= 15 is 0 Å². The predicted octanol–water partition coefficient (Wildman–Crippen LogP) is -3.86. The Morgan fingerprint density at radius 1 is 1.32 bits per heavy atom. The van der Waals surface area contributed by atoms with Crippen LogP contribution in [0, 0.1) is 0 Å². The summed E-state index contributed by atoms with van der Waals surface area (Å²) in [5, 5.41) is 50.0. The molecule has 10 nitrogen and oxygen atoms in total. The monoisotopic (exact) mass is 326 g/mol. The van der Waals surface area contributed by atoms with Crippen LogP contribution in [0.2, 0.25) is 0 Å². The topological polar surface area (TPSA) is 197 Å². The number of nitrogens with one attached hydrogen (secondary N) is 1. The van der Waals surface area contributed by atoms with E-state index in [9.17, 15) is 25.2 Å². The van der Waals surface area contributed by atoms with Gasteiger partial charge in [0.15, 0.2) is 5.72 Å². The number of aliphatic carboxylic acids is 1. The molecule has 0 amide bonds. The zero-order valence-electron chi connectivity index (χ0n) is 12.2. The molecule has 1 heterocycles. The van der Waals surface area contributed by atoms with Gasteiger partial charge in [0.1, 0.15) is 24.4 Å². The molecule has 0 aromatic heterocycles. The van der Waals surface area contributed by atoms with Crippen molar-refractivity contribution < 1.29 is 40.5 Å². The second-order valence-corrected chi connectivity index (χ2v) is 5.14. The Kier molecular flexibility index (Phi) is 8.96. The largest absolute Gasteiger partial charge is 0.480 e. The molecule has 10 heteroatoms. The SMILES string of the molecule is NCCCC[C@H](NC1(CO)O[C@H](CO)[C@@H](O)[C@@H]1O)C(=O)O.O. The van der Waals surface area contributed by atoms with Gasteiger partial charge in [-0.15, -0.1) is 0 Å². The van der Waals surface area contributed by atoms with E-state index in [-0.39, 0.29) is 11.9 Å². The first kappa shape index (κ1) is 21.1. The molecule has 0 aromatic rings. The van der Waals surface area contributed by atoms with Crippen molar-refractivity contribution in [2.24, 2.45) is 5.73 Å². The highest BCUT2D eigenvalue weighted by Crippen LogP contribution is 2.29. The van der Waals surface area contributed by atoms with E-state index in [1.54, 1.807) is 0 Å². The van der Waals surface area contributed by atoms with Gasteiger partial charge >= 0.3 is 5.97 Å². The van der Waals surface area contributed by atoms with Crippen molar-refractivity contribution in [1.29, 1.82) is 0 Å². The summed E-state index contributed by atoms with van der Waals surface area (Å²) < 4.78 is 5.26. The third-order valence-corrected chi connectivity index (χ3v) is 3.62. The Morgan fingerprint density at radius 2 is 1.95 bits per heavy atom. The van der Waals surface area contributed by atoms with Crippen LogP contribution in [0.25, 0.3) is 0 Å². The van der Waals surface area contributed by atoms with Crippen molar-refractivity contribution in [1.82, 2.24) is 5.32 Å². The number of nitrogens with two attached hydrogens (primary N) is 1. The molecule has 1 saturated heterocycles. The lowest BCUT2D eigenvalue weighted by molar-refractivity contribution is -0.158. The lowest BCUT2D eigenvalue weighted by Gasteiger charge is -2.34. The van der Waals surface area contributed by atoms with Crippen LogP contribution in [0.15, 0.2) is 0 Å². The molecule has 1 aliphatic heterocycles. The fraction of sp³-hybridized carbons (Fsp3) is 0.917. The van der Waals surface area contributed by atoms with E-state index in [2.05, 4.69) is 5.32 Å². The maximum Gasteiger partial charge on any atom is 0.320 e. The summed E-state index contributed by atoms with van der Waals surface area (Å²) in [6.45, 7) is -0.878. The van der Waals surface area contributed by atoms with Gasteiger partial charge in [-0.3, -0.25) is 10.1 Å². The zero-order valence-corrected chi connectivity index (χ0v) is 12.2. The van der Waals surface area contributed by atoms with Crippen molar-refractivity contribution in [3.63, 3.8) is 0 Å². The van der Waals surface area contributed by atoms with E-state index in [4.69, 9.17) is 15.6 Å². The van der Waals surface area contributed by atoms with Crippen LogP contribution >= 0.6 is 0 Å². The highest BCUT2D eigenvalue weighted by Gasteiger charge is 2.54. The Bertz CT molecular complexity index is 345. The van der Waals surface area contributed by atoms with Crippen LogP contribution in [0.1, 0.15) is 19.3 Å². The standard InChI is InChI=1S/C12H24N2O7.H2O/c13-4-2-1-3-7(11(19)20)14-12(6-16)10(18)9(17)8(5-15)21-12;/h7-10,14-18H,1-6,13H2,(H,19,20);1H2/t7-,8+,9+,10-,12?;/m0./s1. The fourth-order valence-corrected chi connectivity index (χ4v) is 2.37. The van der Waals surface area contributed by atoms with Crippen molar-refractivity contribution in [2.75, 3.05) is 19.8 Å². The summed E-state index contributed by atoms with van der Waals surface area (Å²) in [5.74, 6) is -1.17. The highest BCUT2D eigenvalue weighted by atomic mass is 16.6. The lowest BCUT2D eigenvalue weighted by Crippen LogP contribution is -2.62. The molecule has 0 aliphatic carbocycles. The van der Waals surface area contributed by atoms with Gasteiger partial charge < -0.3 is 41.5 Å². The quantitative estimate of drug-likeness (QED) is 0.207. The zero-order chi connectivity index (χ0) is 16.0. The molecule has 0 saturated carbocycles. The van der Waals surface area contributed by atoms with Crippen LogP contribution in [0.3, 0.4) is 0 Å². The first-order chi connectivity index (χ1) is 9.91. The molecule has 22 heavy (non-hydrogen) atoms. The maximum atomic E-state index is 11.3. The van der Waals surface area contributed by atoms with E-state index in [1.807, 2.05) is 0 Å². The Labute approximate surface area is 127 Å². The first-order valence-electron chi connectivity index (χ1n) is 6.88. The van der Waals surface area contributed by atoms with Gasteiger partial charge in [0.2, 0.25) is 0 Å². The third kappa shape index (κ3) is 4.57. The Hall–Kier alpha value is -0.850. The number of carboxylic acid groups (broad SMARTS) is 1. The molecule has 1 rings (SSSR count). The van der Waals surface area contributed by atoms with Crippen LogP contribution < -0.4 is 11.1 Å². The molecule has 5 atom stereocenters. The summed E-state index contributed by atoms with van der Waals surface area (Å²) in [6.07, 6.45) is -2.67.